The summed E-state index contributed by atoms with van der Waals surface area (Å²) in [4.78, 5) is 25.3. The van der Waals surface area contributed by atoms with Crippen molar-refractivity contribution in [2.45, 2.75) is 24.2 Å². The maximum Gasteiger partial charge on any atom is 0.303 e. The molecule has 0 aromatic heterocycles. The molecule has 0 unspecified atom stereocenters. The molecule has 0 radical (unpaired) electrons. The number of carbonyl (C=O) groups excluding carboxylic acids is 1. The topological polar surface area (TPSA) is 104 Å². The second-order valence-corrected chi connectivity index (χ2v) is 8.81. The van der Waals surface area contributed by atoms with E-state index in [-0.39, 0.29) is 23.1 Å². The van der Waals surface area contributed by atoms with Gasteiger partial charge in [0, 0.05) is 38.2 Å². The number of nitrogens with zero attached hydrogens (tertiary/aromatic N) is 2. The van der Waals surface area contributed by atoms with Crippen LogP contribution >= 0.6 is 0 Å². The molecule has 1 aromatic carbocycles. The summed E-state index contributed by atoms with van der Waals surface area (Å²) in [7, 11) is -3.58. The average molecular weight is 396 g/mol. The Morgan fingerprint density at radius 2 is 1.63 bits per heavy atom. The van der Waals surface area contributed by atoms with Crippen molar-refractivity contribution in [3.63, 3.8) is 0 Å². The van der Waals surface area contributed by atoms with Gasteiger partial charge in [0.1, 0.15) is 0 Å². The van der Waals surface area contributed by atoms with Crippen LogP contribution in [-0.4, -0.2) is 74.0 Å². The van der Waals surface area contributed by atoms with E-state index in [9.17, 15) is 18.0 Å². The van der Waals surface area contributed by atoms with Crippen molar-refractivity contribution in [2.24, 2.45) is 5.92 Å². The van der Waals surface area contributed by atoms with E-state index >= 15 is 0 Å². The molecule has 27 heavy (non-hydrogen) atoms. The highest BCUT2D eigenvalue weighted by Crippen LogP contribution is 2.23. The largest absolute Gasteiger partial charge is 0.481 e. The maximum absolute atomic E-state index is 12.6. The Kier molecular flexibility index (Phi) is 6.13. The maximum atomic E-state index is 12.6. The molecule has 8 nitrogen and oxygen atoms in total. The third kappa shape index (κ3) is 4.66. The predicted octanol–water partition coefficient (Wildman–Crippen LogP) is 1.03. The number of likely N-dealkylation sites (tertiary alicyclic amines) is 1. The van der Waals surface area contributed by atoms with Crippen LogP contribution in [0.1, 0.15) is 29.6 Å². The van der Waals surface area contributed by atoms with E-state index in [1.165, 1.54) is 16.4 Å². The van der Waals surface area contributed by atoms with E-state index in [0.717, 1.165) is 0 Å². The molecule has 148 valence electrons. The van der Waals surface area contributed by atoms with Crippen molar-refractivity contribution in [3.05, 3.63) is 29.8 Å². The number of benzene rings is 1. The highest BCUT2D eigenvalue weighted by molar-refractivity contribution is 7.89. The second kappa shape index (κ2) is 8.37. The molecule has 9 heteroatoms. The molecular weight excluding hydrogens is 372 g/mol. The van der Waals surface area contributed by atoms with Gasteiger partial charge in [-0.15, -0.1) is 0 Å². The molecule has 1 aromatic rings. The Balaban J connectivity index is 1.63. The standard InChI is InChI=1S/C18H24N2O6S/c21-17(22)13-14-5-7-19(8-6-14)18(23)15-1-3-16(4-2-15)27(24,25)20-9-11-26-12-10-20/h1-4,14H,5-13H2,(H,21,22). The fourth-order valence-corrected chi connectivity index (χ4v) is 4.88. The Morgan fingerprint density at radius 3 is 2.19 bits per heavy atom. The fraction of sp³-hybridized carbons (Fsp3) is 0.556. The Labute approximate surface area is 158 Å². The van der Waals surface area contributed by atoms with E-state index in [0.29, 0.717) is 57.8 Å². The number of piperidine rings is 1. The molecule has 2 aliphatic heterocycles. The van der Waals surface area contributed by atoms with Crippen LogP contribution in [0, 0.1) is 5.92 Å². The molecule has 0 spiro atoms. The molecule has 2 heterocycles. The lowest BCUT2D eigenvalue weighted by Crippen LogP contribution is -2.40. The van der Waals surface area contributed by atoms with Gasteiger partial charge in [-0.3, -0.25) is 9.59 Å². The average Bonchev–Trinajstić information content (AvgIpc) is 2.68. The van der Waals surface area contributed by atoms with Gasteiger partial charge in [-0.2, -0.15) is 4.31 Å². The summed E-state index contributed by atoms with van der Waals surface area (Å²) in [5.74, 6) is -0.858. The Morgan fingerprint density at radius 1 is 1.04 bits per heavy atom. The zero-order valence-electron chi connectivity index (χ0n) is 15.0. The third-order valence-corrected chi connectivity index (χ3v) is 6.99. The summed E-state index contributed by atoms with van der Waals surface area (Å²) in [6, 6.07) is 6.02. The number of carbonyl (C=O) groups is 2. The molecule has 0 saturated carbocycles. The van der Waals surface area contributed by atoms with Gasteiger partial charge in [0.15, 0.2) is 0 Å². The number of carboxylic acid groups (broad SMARTS) is 1. The highest BCUT2D eigenvalue weighted by atomic mass is 32.2. The Hall–Kier alpha value is -1.97. The summed E-state index contributed by atoms with van der Waals surface area (Å²) in [6.45, 7) is 2.46. The van der Waals surface area contributed by atoms with Crippen LogP contribution in [0.15, 0.2) is 29.2 Å². The summed E-state index contributed by atoms with van der Waals surface area (Å²) < 4.78 is 31.8. The zero-order valence-corrected chi connectivity index (χ0v) is 15.9. The van der Waals surface area contributed by atoms with Gasteiger partial charge < -0.3 is 14.7 Å². The van der Waals surface area contributed by atoms with Crippen LogP contribution in [0.2, 0.25) is 0 Å². The molecule has 2 saturated heterocycles. The van der Waals surface area contributed by atoms with Gasteiger partial charge >= 0.3 is 5.97 Å². The monoisotopic (exact) mass is 396 g/mol. The first-order valence-corrected chi connectivity index (χ1v) is 10.5. The molecule has 0 atom stereocenters. The number of carboxylic acids is 1. The van der Waals surface area contributed by atoms with Crippen LogP contribution in [-0.2, 0) is 19.6 Å². The van der Waals surface area contributed by atoms with E-state index < -0.39 is 16.0 Å². The predicted molar refractivity (Wildman–Crippen MR) is 96.9 cm³/mol. The lowest BCUT2D eigenvalue weighted by atomic mass is 9.93. The van der Waals surface area contributed by atoms with Gasteiger partial charge in [-0.05, 0) is 43.0 Å². The number of ether oxygens (including phenoxy) is 1. The van der Waals surface area contributed by atoms with Crippen molar-refractivity contribution >= 4 is 21.9 Å². The minimum atomic E-state index is -3.58. The smallest absolute Gasteiger partial charge is 0.303 e. The summed E-state index contributed by atoms with van der Waals surface area (Å²) in [5.41, 5.74) is 0.438. The van der Waals surface area contributed by atoms with Crippen molar-refractivity contribution in [1.29, 1.82) is 0 Å². The zero-order chi connectivity index (χ0) is 19.4. The van der Waals surface area contributed by atoms with Crippen molar-refractivity contribution < 1.29 is 27.9 Å². The highest BCUT2D eigenvalue weighted by Gasteiger charge is 2.28. The van der Waals surface area contributed by atoms with Crippen molar-refractivity contribution in [3.8, 4) is 0 Å². The molecular formula is C18H24N2O6S. The van der Waals surface area contributed by atoms with E-state index in [4.69, 9.17) is 9.84 Å². The molecule has 2 aliphatic rings. The van der Waals surface area contributed by atoms with E-state index in [2.05, 4.69) is 0 Å². The number of sulfonamides is 1. The van der Waals surface area contributed by atoms with Crippen LogP contribution in [0.4, 0.5) is 0 Å². The third-order valence-electron chi connectivity index (χ3n) is 5.07. The first-order valence-electron chi connectivity index (χ1n) is 9.07. The molecule has 3 rings (SSSR count). The molecule has 0 aliphatic carbocycles. The number of rotatable bonds is 5. The van der Waals surface area contributed by atoms with Gasteiger partial charge in [-0.25, -0.2) is 8.42 Å². The summed E-state index contributed by atoms with van der Waals surface area (Å²) in [6.07, 6.45) is 1.47. The first kappa shape index (κ1) is 19.8. The van der Waals surface area contributed by atoms with Gasteiger partial charge in [0.2, 0.25) is 10.0 Å². The van der Waals surface area contributed by atoms with Crippen LogP contribution < -0.4 is 0 Å². The lowest BCUT2D eigenvalue weighted by Gasteiger charge is -2.31. The minimum Gasteiger partial charge on any atom is -0.481 e. The normalized spacial score (nSPS) is 19.8. The molecule has 0 bridgehead atoms. The minimum absolute atomic E-state index is 0.104. The fourth-order valence-electron chi connectivity index (χ4n) is 3.48. The van der Waals surface area contributed by atoms with Crippen LogP contribution in [0.25, 0.3) is 0 Å². The van der Waals surface area contributed by atoms with E-state index in [1.807, 2.05) is 0 Å². The number of hydrogen-bond acceptors (Lipinski definition) is 5. The summed E-state index contributed by atoms with van der Waals surface area (Å²) >= 11 is 0. The van der Waals surface area contributed by atoms with E-state index in [1.54, 1.807) is 17.0 Å². The quantitative estimate of drug-likeness (QED) is 0.797. The lowest BCUT2D eigenvalue weighted by molar-refractivity contribution is -0.138. The van der Waals surface area contributed by atoms with Gasteiger partial charge in [-0.1, -0.05) is 0 Å². The van der Waals surface area contributed by atoms with Crippen molar-refractivity contribution in [2.75, 3.05) is 39.4 Å². The molecule has 1 amide bonds. The first-order chi connectivity index (χ1) is 12.9. The molecule has 1 N–H and O–H groups in total. The number of amides is 1. The second-order valence-electron chi connectivity index (χ2n) is 6.87. The SMILES string of the molecule is O=C(O)CC1CCN(C(=O)c2ccc(S(=O)(=O)N3CCOCC3)cc2)CC1. The number of hydrogen-bond donors (Lipinski definition) is 1. The van der Waals surface area contributed by atoms with Gasteiger partial charge in [0.05, 0.1) is 18.1 Å². The van der Waals surface area contributed by atoms with Crippen LogP contribution in [0.3, 0.4) is 0 Å². The Bertz CT molecular complexity index is 779. The number of morpholine rings is 1. The summed E-state index contributed by atoms with van der Waals surface area (Å²) in [5, 5.41) is 8.86. The van der Waals surface area contributed by atoms with Gasteiger partial charge in [0.25, 0.3) is 5.91 Å². The van der Waals surface area contributed by atoms with Crippen molar-refractivity contribution in [1.82, 2.24) is 9.21 Å². The van der Waals surface area contributed by atoms with Crippen LogP contribution in [0.5, 0.6) is 0 Å². The molecule has 2 fully saturated rings. The number of aliphatic carboxylic acids is 1.